The molecule has 0 radical (unpaired) electrons. The number of esters is 2. The molecule has 0 bridgehead atoms. The highest BCUT2D eigenvalue weighted by Crippen LogP contribution is 2.24. The van der Waals surface area contributed by atoms with E-state index in [9.17, 15) is 19.8 Å². The summed E-state index contributed by atoms with van der Waals surface area (Å²) in [5, 5.41) is 20.3. The molecule has 0 amide bonds. The van der Waals surface area contributed by atoms with Crippen molar-refractivity contribution in [3.8, 4) is 0 Å². The highest BCUT2D eigenvalue weighted by Gasteiger charge is 2.45. The summed E-state index contributed by atoms with van der Waals surface area (Å²) in [6.45, 7) is 3.95. The van der Waals surface area contributed by atoms with Crippen molar-refractivity contribution >= 4 is 11.9 Å². The first-order chi connectivity index (χ1) is 24.0. The normalized spacial score (nSPS) is 18.8. The summed E-state index contributed by atoms with van der Waals surface area (Å²) < 4.78 is 16.7. The number of carbonyl (C=O) groups is 2. The molecule has 1 heterocycles. The first-order valence-corrected chi connectivity index (χ1v) is 19.9. The van der Waals surface area contributed by atoms with E-state index < -0.39 is 43.0 Å². The fourth-order valence-electron chi connectivity index (χ4n) is 5.89. The van der Waals surface area contributed by atoms with Gasteiger partial charge in [0.25, 0.3) is 0 Å². The molecule has 7 heteroatoms. The van der Waals surface area contributed by atoms with Gasteiger partial charge in [-0.1, -0.05) is 127 Å². The minimum absolute atomic E-state index is 0.0364. The molecule has 1 saturated heterocycles. The molecule has 0 aliphatic carbocycles. The second kappa shape index (κ2) is 33.0. The van der Waals surface area contributed by atoms with Crippen LogP contribution in [-0.4, -0.2) is 59.8 Å². The lowest BCUT2D eigenvalue weighted by Crippen LogP contribution is -2.45. The topological polar surface area (TPSA) is 102 Å². The van der Waals surface area contributed by atoms with Gasteiger partial charge in [0.15, 0.2) is 12.2 Å². The van der Waals surface area contributed by atoms with E-state index in [0.29, 0.717) is 0 Å². The lowest BCUT2D eigenvalue weighted by molar-refractivity contribution is -0.171. The van der Waals surface area contributed by atoms with E-state index >= 15 is 0 Å². The lowest BCUT2D eigenvalue weighted by atomic mass is 10.1. The summed E-state index contributed by atoms with van der Waals surface area (Å²) in [4.78, 5) is 25.0. The Morgan fingerprint density at radius 2 is 1.06 bits per heavy atom. The standard InChI is InChI=1S/C42H72O7/c1-3-5-7-9-11-13-15-17-19-21-23-25-27-29-31-33-39(45)48-38(35-43)42-41(37(44)36-47-42)49-40(46)34-32-30-28-26-24-22-20-18-16-14-12-10-8-6-4-2/h11-14,17-20,37-38,41-44H,3-10,15-16,21-36H2,1-2H3/b13-11+,14-12+,19-17+,20-18+/t37-,38+,41+,42+/m0/s1. The van der Waals surface area contributed by atoms with E-state index in [1.54, 1.807) is 0 Å². The van der Waals surface area contributed by atoms with Crippen LogP contribution < -0.4 is 0 Å². The van der Waals surface area contributed by atoms with Crippen molar-refractivity contribution in [1.29, 1.82) is 0 Å². The Hall–Kier alpha value is -2.22. The third kappa shape index (κ3) is 25.4. The second-order valence-electron chi connectivity index (χ2n) is 13.5. The van der Waals surface area contributed by atoms with Crippen LogP contribution in [0, 0.1) is 0 Å². The van der Waals surface area contributed by atoms with Crippen LogP contribution in [-0.2, 0) is 23.8 Å². The van der Waals surface area contributed by atoms with Crippen molar-refractivity contribution in [2.45, 2.75) is 192 Å². The van der Waals surface area contributed by atoms with E-state index in [-0.39, 0.29) is 19.4 Å². The number of allylic oxidation sites excluding steroid dienone is 8. The highest BCUT2D eigenvalue weighted by atomic mass is 16.6. The van der Waals surface area contributed by atoms with Gasteiger partial charge in [-0.15, -0.1) is 0 Å². The lowest BCUT2D eigenvalue weighted by Gasteiger charge is -2.27. The van der Waals surface area contributed by atoms with Crippen molar-refractivity contribution in [2.24, 2.45) is 0 Å². The molecule has 0 saturated carbocycles. The first-order valence-electron chi connectivity index (χ1n) is 19.9. The Morgan fingerprint density at radius 3 is 1.53 bits per heavy atom. The van der Waals surface area contributed by atoms with Crippen molar-refractivity contribution in [3.05, 3.63) is 48.6 Å². The van der Waals surface area contributed by atoms with E-state index in [4.69, 9.17) is 14.2 Å². The summed E-state index contributed by atoms with van der Waals surface area (Å²) in [7, 11) is 0. The van der Waals surface area contributed by atoms with Gasteiger partial charge in [0, 0.05) is 12.8 Å². The Labute approximate surface area is 299 Å². The molecule has 1 fully saturated rings. The smallest absolute Gasteiger partial charge is 0.306 e. The molecule has 0 spiro atoms. The zero-order valence-electron chi connectivity index (χ0n) is 31.2. The third-order valence-corrected chi connectivity index (χ3v) is 8.92. The second-order valence-corrected chi connectivity index (χ2v) is 13.5. The summed E-state index contributed by atoms with van der Waals surface area (Å²) in [5.74, 6) is -0.816. The number of ether oxygens (including phenoxy) is 3. The number of carbonyl (C=O) groups excluding carboxylic acids is 2. The molecule has 0 aromatic heterocycles. The monoisotopic (exact) mass is 689 g/mol. The Kier molecular flexibility index (Phi) is 30.1. The van der Waals surface area contributed by atoms with Crippen molar-refractivity contribution in [2.75, 3.05) is 13.2 Å². The van der Waals surface area contributed by atoms with E-state index in [2.05, 4.69) is 62.5 Å². The summed E-state index contributed by atoms with van der Waals surface area (Å²) in [6.07, 6.45) is 39.0. The van der Waals surface area contributed by atoms with E-state index in [1.165, 1.54) is 51.4 Å². The number of aliphatic hydroxyl groups is 2. The molecule has 2 N–H and O–H groups in total. The molecular weight excluding hydrogens is 616 g/mol. The van der Waals surface area contributed by atoms with Gasteiger partial charge >= 0.3 is 11.9 Å². The number of aliphatic hydroxyl groups excluding tert-OH is 2. The van der Waals surface area contributed by atoms with Crippen LogP contribution >= 0.6 is 0 Å². The third-order valence-electron chi connectivity index (χ3n) is 8.92. The summed E-state index contributed by atoms with van der Waals surface area (Å²) in [6, 6.07) is 0. The van der Waals surface area contributed by atoms with Gasteiger partial charge in [-0.3, -0.25) is 9.59 Å². The van der Waals surface area contributed by atoms with Crippen LogP contribution in [0.3, 0.4) is 0 Å². The fraction of sp³-hybridized carbons (Fsp3) is 0.762. The van der Waals surface area contributed by atoms with Crippen molar-refractivity contribution in [3.63, 3.8) is 0 Å². The van der Waals surface area contributed by atoms with Crippen molar-refractivity contribution < 1.29 is 34.0 Å². The van der Waals surface area contributed by atoms with Crippen LogP contribution in [0.1, 0.15) is 168 Å². The van der Waals surface area contributed by atoms with Gasteiger partial charge in [-0.05, 0) is 77.0 Å². The molecule has 0 aromatic carbocycles. The Balaban J connectivity index is 2.15. The minimum Gasteiger partial charge on any atom is -0.457 e. The number of hydrogen-bond donors (Lipinski definition) is 2. The average Bonchev–Trinajstić information content (AvgIpc) is 3.45. The van der Waals surface area contributed by atoms with Crippen LogP contribution in [0.15, 0.2) is 48.6 Å². The predicted molar refractivity (Wildman–Crippen MR) is 201 cm³/mol. The molecule has 49 heavy (non-hydrogen) atoms. The van der Waals surface area contributed by atoms with Gasteiger partial charge in [-0.2, -0.15) is 0 Å². The molecular formula is C42H72O7. The van der Waals surface area contributed by atoms with E-state index in [0.717, 1.165) is 89.9 Å². The summed E-state index contributed by atoms with van der Waals surface area (Å²) in [5.41, 5.74) is 0. The first kappa shape index (κ1) is 44.8. The molecule has 0 aromatic rings. The van der Waals surface area contributed by atoms with Crippen molar-refractivity contribution in [1.82, 2.24) is 0 Å². The minimum atomic E-state index is -1.02. The number of rotatable bonds is 32. The Morgan fingerprint density at radius 1 is 0.633 bits per heavy atom. The molecule has 1 aliphatic rings. The molecule has 4 atom stereocenters. The van der Waals surface area contributed by atoms with Crippen LogP contribution in [0.2, 0.25) is 0 Å². The Bertz CT molecular complexity index is 909. The van der Waals surface area contributed by atoms with E-state index in [1.807, 2.05) is 0 Å². The highest BCUT2D eigenvalue weighted by molar-refractivity contribution is 5.70. The summed E-state index contributed by atoms with van der Waals surface area (Å²) >= 11 is 0. The maximum atomic E-state index is 12.5. The van der Waals surface area contributed by atoms with Gasteiger partial charge in [0.1, 0.15) is 12.2 Å². The van der Waals surface area contributed by atoms with Gasteiger partial charge in [-0.25, -0.2) is 0 Å². The fourth-order valence-corrected chi connectivity index (χ4v) is 5.89. The molecule has 7 nitrogen and oxygen atoms in total. The maximum Gasteiger partial charge on any atom is 0.306 e. The zero-order chi connectivity index (χ0) is 35.6. The SMILES string of the molecule is CCCCC/C=C/C/C=C/CCCCCCCC(=O)O[C@H]1[C@@H]([C@@H](CO)OC(=O)CCCCCCC/C=C/C/C=C/CCCCC)OC[C@@H]1O. The number of hydrogen-bond acceptors (Lipinski definition) is 7. The predicted octanol–water partition coefficient (Wildman–Crippen LogP) is 10.2. The molecule has 1 aliphatic heterocycles. The molecule has 1 rings (SSSR count). The number of unbranched alkanes of at least 4 members (excludes halogenated alkanes) is 16. The van der Waals surface area contributed by atoms with Gasteiger partial charge < -0.3 is 24.4 Å². The molecule has 0 unspecified atom stereocenters. The quantitative estimate of drug-likeness (QED) is 0.0412. The largest absolute Gasteiger partial charge is 0.457 e. The van der Waals surface area contributed by atoms with Crippen LogP contribution in [0.5, 0.6) is 0 Å². The van der Waals surface area contributed by atoms with Crippen LogP contribution in [0.25, 0.3) is 0 Å². The zero-order valence-corrected chi connectivity index (χ0v) is 31.2. The molecule has 282 valence electrons. The van der Waals surface area contributed by atoms with Crippen LogP contribution in [0.4, 0.5) is 0 Å². The maximum absolute atomic E-state index is 12.5. The van der Waals surface area contributed by atoms with Gasteiger partial charge in [0.05, 0.1) is 13.2 Å². The average molecular weight is 689 g/mol. The van der Waals surface area contributed by atoms with Gasteiger partial charge in [0.2, 0.25) is 0 Å².